The summed E-state index contributed by atoms with van der Waals surface area (Å²) in [5.41, 5.74) is -0.453. The van der Waals surface area contributed by atoms with E-state index in [1.165, 1.54) is 25.7 Å². The Balaban J connectivity index is 2.36. The molecule has 0 bridgehead atoms. The van der Waals surface area contributed by atoms with Gasteiger partial charge in [-0.15, -0.1) is 0 Å². The highest BCUT2D eigenvalue weighted by Crippen LogP contribution is 2.11. The molecule has 1 heterocycles. The van der Waals surface area contributed by atoms with E-state index in [1.807, 2.05) is 20.8 Å². The summed E-state index contributed by atoms with van der Waals surface area (Å²) in [5.74, 6) is 0.903. The Morgan fingerprint density at radius 2 is 2.09 bits per heavy atom. The summed E-state index contributed by atoms with van der Waals surface area (Å²) in [7, 11) is 0. The lowest BCUT2D eigenvalue weighted by Gasteiger charge is -2.30. The third-order valence-electron chi connectivity index (χ3n) is 3.57. The zero-order chi connectivity index (χ0) is 16.6. The number of nitrogens with one attached hydrogen (secondary N) is 1. The van der Waals surface area contributed by atoms with Gasteiger partial charge in [0.2, 0.25) is 0 Å². The normalized spacial score (nSPS) is 17.0. The minimum atomic E-state index is -0.453. The molecule has 1 amide bonds. The number of amides is 1. The lowest BCUT2D eigenvalue weighted by molar-refractivity contribution is 0.0276. The van der Waals surface area contributed by atoms with Crippen LogP contribution in [0.15, 0.2) is 4.99 Å². The molecule has 1 atom stereocenters. The largest absolute Gasteiger partial charge is 0.444 e. The molecule has 0 saturated heterocycles. The van der Waals surface area contributed by atoms with Crippen LogP contribution in [0.3, 0.4) is 0 Å². The summed E-state index contributed by atoms with van der Waals surface area (Å²) in [4.78, 5) is 18.3. The van der Waals surface area contributed by atoms with Gasteiger partial charge >= 0.3 is 6.09 Å². The van der Waals surface area contributed by atoms with Gasteiger partial charge in [-0.25, -0.2) is 4.79 Å². The number of rotatable bonds is 6. The van der Waals surface area contributed by atoms with Crippen LogP contribution in [0.1, 0.15) is 66.7 Å². The molecule has 1 aliphatic heterocycles. The first-order chi connectivity index (χ1) is 10.3. The molecular weight excluding hydrogens is 278 g/mol. The number of hydrogen-bond donors (Lipinski definition) is 1. The SMILES string of the molecule is CCCCCCC(C)NC1=NCCN(C(=O)OC(C)(C)C)C1. The zero-order valence-corrected chi connectivity index (χ0v) is 14.9. The maximum atomic E-state index is 12.1. The predicted molar refractivity (Wildman–Crippen MR) is 91.5 cm³/mol. The second-order valence-corrected chi connectivity index (χ2v) is 7.13. The molecule has 0 aromatic rings. The summed E-state index contributed by atoms with van der Waals surface area (Å²) in [6.07, 6.45) is 5.99. The van der Waals surface area contributed by atoms with Crippen molar-refractivity contribution >= 4 is 11.9 Å². The smallest absolute Gasteiger partial charge is 0.410 e. The first-order valence-corrected chi connectivity index (χ1v) is 8.59. The van der Waals surface area contributed by atoms with Crippen LogP contribution in [0.25, 0.3) is 0 Å². The number of hydrogen-bond acceptors (Lipinski definition) is 4. The Labute approximate surface area is 135 Å². The second-order valence-electron chi connectivity index (χ2n) is 7.13. The van der Waals surface area contributed by atoms with Gasteiger partial charge in [-0.3, -0.25) is 9.89 Å². The van der Waals surface area contributed by atoms with Crippen LogP contribution in [-0.4, -0.2) is 48.1 Å². The number of ether oxygens (including phenoxy) is 1. The second kappa shape index (κ2) is 9.01. The van der Waals surface area contributed by atoms with Crippen LogP contribution in [-0.2, 0) is 4.74 Å². The number of amidine groups is 1. The van der Waals surface area contributed by atoms with Crippen LogP contribution in [0.2, 0.25) is 0 Å². The number of nitrogens with zero attached hydrogens (tertiary/aromatic N) is 2. The predicted octanol–water partition coefficient (Wildman–Crippen LogP) is 3.58. The molecule has 1 aliphatic rings. The molecule has 0 spiro atoms. The average Bonchev–Trinajstić information content (AvgIpc) is 2.42. The summed E-state index contributed by atoms with van der Waals surface area (Å²) in [6, 6.07) is 0.397. The van der Waals surface area contributed by atoms with Gasteiger partial charge in [0.25, 0.3) is 0 Å². The van der Waals surface area contributed by atoms with Crippen molar-refractivity contribution in [1.29, 1.82) is 0 Å². The molecular formula is C17H33N3O2. The molecule has 0 radical (unpaired) electrons. The van der Waals surface area contributed by atoms with Gasteiger partial charge in [-0.05, 0) is 34.1 Å². The zero-order valence-electron chi connectivity index (χ0n) is 14.9. The standard InChI is InChI=1S/C17H33N3O2/c1-6-7-8-9-10-14(2)19-15-13-20(12-11-18-15)16(21)22-17(3,4)5/h14H,6-13H2,1-5H3,(H,18,19). The fourth-order valence-electron chi connectivity index (χ4n) is 2.42. The van der Waals surface area contributed by atoms with Crippen molar-refractivity contribution in [1.82, 2.24) is 10.2 Å². The molecule has 0 aromatic heterocycles. The Morgan fingerprint density at radius 1 is 1.36 bits per heavy atom. The lowest BCUT2D eigenvalue weighted by Crippen LogP contribution is -2.48. The van der Waals surface area contributed by atoms with E-state index in [2.05, 4.69) is 24.2 Å². The Hall–Kier alpha value is -1.26. The fourth-order valence-corrected chi connectivity index (χ4v) is 2.42. The van der Waals surface area contributed by atoms with Crippen molar-refractivity contribution in [2.24, 2.45) is 4.99 Å². The Bertz CT molecular complexity index is 375. The maximum Gasteiger partial charge on any atom is 0.410 e. The molecule has 1 N–H and O–H groups in total. The third-order valence-corrected chi connectivity index (χ3v) is 3.57. The van der Waals surface area contributed by atoms with Gasteiger partial charge < -0.3 is 10.1 Å². The van der Waals surface area contributed by atoms with Crippen molar-refractivity contribution in [3.05, 3.63) is 0 Å². The van der Waals surface area contributed by atoms with Crippen LogP contribution < -0.4 is 5.32 Å². The van der Waals surface area contributed by atoms with E-state index in [9.17, 15) is 4.79 Å². The first kappa shape index (κ1) is 18.8. The Morgan fingerprint density at radius 3 is 2.73 bits per heavy atom. The van der Waals surface area contributed by atoms with E-state index in [0.29, 0.717) is 25.7 Å². The van der Waals surface area contributed by atoms with E-state index < -0.39 is 5.60 Å². The summed E-state index contributed by atoms with van der Waals surface area (Å²) in [5, 5.41) is 3.44. The number of unbranched alkanes of at least 4 members (excludes halogenated alkanes) is 3. The van der Waals surface area contributed by atoms with Crippen molar-refractivity contribution in [3.63, 3.8) is 0 Å². The highest BCUT2D eigenvalue weighted by Gasteiger charge is 2.25. The first-order valence-electron chi connectivity index (χ1n) is 8.59. The Kier molecular flexibility index (Phi) is 7.69. The monoisotopic (exact) mass is 311 g/mol. The molecule has 0 saturated carbocycles. The van der Waals surface area contributed by atoms with Crippen molar-refractivity contribution in [3.8, 4) is 0 Å². The van der Waals surface area contributed by atoms with Gasteiger partial charge in [0.05, 0.1) is 13.1 Å². The number of aliphatic imine (C=N–C) groups is 1. The van der Waals surface area contributed by atoms with Crippen molar-refractivity contribution < 1.29 is 9.53 Å². The number of carbonyl (C=O) groups is 1. The molecule has 1 unspecified atom stereocenters. The van der Waals surface area contributed by atoms with Gasteiger partial charge in [-0.1, -0.05) is 32.6 Å². The van der Waals surface area contributed by atoms with Crippen LogP contribution in [0.5, 0.6) is 0 Å². The van der Waals surface area contributed by atoms with Crippen LogP contribution >= 0.6 is 0 Å². The van der Waals surface area contributed by atoms with E-state index in [4.69, 9.17) is 4.74 Å². The van der Waals surface area contributed by atoms with E-state index >= 15 is 0 Å². The molecule has 22 heavy (non-hydrogen) atoms. The van der Waals surface area contributed by atoms with E-state index in [1.54, 1.807) is 4.90 Å². The van der Waals surface area contributed by atoms with Gasteiger partial charge in [0.15, 0.2) is 0 Å². The van der Waals surface area contributed by atoms with Gasteiger partial charge in [0, 0.05) is 12.6 Å². The van der Waals surface area contributed by atoms with Crippen molar-refractivity contribution in [2.75, 3.05) is 19.6 Å². The topological polar surface area (TPSA) is 53.9 Å². The minimum Gasteiger partial charge on any atom is -0.444 e. The average molecular weight is 311 g/mol. The summed E-state index contributed by atoms with van der Waals surface area (Å²) < 4.78 is 5.43. The highest BCUT2D eigenvalue weighted by atomic mass is 16.6. The highest BCUT2D eigenvalue weighted by molar-refractivity contribution is 5.88. The molecule has 0 aromatic carbocycles. The summed E-state index contributed by atoms with van der Waals surface area (Å²) >= 11 is 0. The van der Waals surface area contributed by atoms with Gasteiger partial charge in [-0.2, -0.15) is 0 Å². The molecule has 5 heteroatoms. The third kappa shape index (κ3) is 7.66. The summed E-state index contributed by atoms with van der Waals surface area (Å²) in [6.45, 7) is 11.9. The lowest BCUT2D eigenvalue weighted by atomic mass is 10.1. The minimum absolute atomic E-state index is 0.253. The number of carbonyl (C=O) groups excluding carboxylic acids is 1. The maximum absolute atomic E-state index is 12.1. The molecule has 0 fully saturated rings. The van der Waals surface area contributed by atoms with E-state index in [0.717, 1.165) is 12.3 Å². The van der Waals surface area contributed by atoms with E-state index in [-0.39, 0.29) is 6.09 Å². The molecule has 0 aliphatic carbocycles. The molecule has 5 nitrogen and oxygen atoms in total. The molecule has 128 valence electrons. The quantitative estimate of drug-likeness (QED) is 0.763. The fraction of sp³-hybridized carbons (Fsp3) is 0.882. The van der Waals surface area contributed by atoms with Crippen LogP contribution in [0, 0.1) is 0 Å². The van der Waals surface area contributed by atoms with Gasteiger partial charge in [0.1, 0.15) is 11.4 Å². The van der Waals surface area contributed by atoms with Crippen molar-refractivity contribution in [2.45, 2.75) is 78.4 Å². The van der Waals surface area contributed by atoms with Crippen LogP contribution in [0.4, 0.5) is 4.79 Å². The molecule has 1 rings (SSSR count).